The van der Waals surface area contributed by atoms with Crippen molar-refractivity contribution in [2.24, 2.45) is 0 Å². The first-order valence-electron chi connectivity index (χ1n) is 8.05. The predicted octanol–water partition coefficient (Wildman–Crippen LogP) is 3.44. The van der Waals surface area contributed by atoms with Crippen LogP contribution < -0.4 is 10.9 Å². The van der Waals surface area contributed by atoms with Gasteiger partial charge in [0, 0.05) is 17.3 Å². The first-order valence-corrected chi connectivity index (χ1v) is 8.05. The average molecular weight is 312 g/mol. The number of pyridine rings is 1. The van der Waals surface area contributed by atoms with Gasteiger partial charge in [0.05, 0.1) is 6.04 Å². The summed E-state index contributed by atoms with van der Waals surface area (Å²) in [6.45, 7) is 8.09. The van der Waals surface area contributed by atoms with Crippen molar-refractivity contribution in [2.75, 3.05) is 0 Å². The Morgan fingerprint density at radius 2 is 1.91 bits per heavy atom. The van der Waals surface area contributed by atoms with Crippen molar-refractivity contribution >= 4 is 5.91 Å². The second kappa shape index (κ2) is 7.27. The Morgan fingerprint density at radius 1 is 1.17 bits per heavy atom. The van der Waals surface area contributed by atoms with Crippen molar-refractivity contribution in [2.45, 2.75) is 46.6 Å². The van der Waals surface area contributed by atoms with Crippen LogP contribution in [0.4, 0.5) is 0 Å². The van der Waals surface area contributed by atoms with Crippen LogP contribution in [0, 0.1) is 13.8 Å². The summed E-state index contributed by atoms with van der Waals surface area (Å²) < 4.78 is 0. The standard InChI is InChI=1S/C19H24N2O2/c1-5-15-10-14(11-18(22)20-15)19(23)21-17(6-2)16-8-7-12(3)9-13(16)4/h7-11,17H,5-6H2,1-4H3,(H,20,22)(H,21,23)/t17-/m0/s1. The minimum Gasteiger partial charge on any atom is -0.345 e. The molecule has 0 aliphatic carbocycles. The highest BCUT2D eigenvalue weighted by Crippen LogP contribution is 2.22. The number of carbonyl (C=O) groups excluding carboxylic acids is 1. The molecular weight excluding hydrogens is 288 g/mol. The van der Waals surface area contributed by atoms with E-state index < -0.39 is 0 Å². The van der Waals surface area contributed by atoms with Crippen LogP contribution in [0.5, 0.6) is 0 Å². The molecule has 2 N–H and O–H groups in total. The fourth-order valence-corrected chi connectivity index (χ4v) is 2.78. The number of amides is 1. The Balaban J connectivity index is 2.26. The lowest BCUT2D eigenvalue weighted by Gasteiger charge is -2.20. The molecule has 0 saturated carbocycles. The average Bonchev–Trinajstić information content (AvgIpc) is 2.52. The SMILES string of the molecule is CCc1cc(C(=O)N[C@@H](CC)c2ccc(C)cc2C)cc(=O)[nH]1. The molecule has 0 spiro atoms. The van der Waals surface area contributed by atoms with Gasteiger partial charge in [-0.25, -0.2) is 0 Å². The Kier molecular flexibility index (Phi) is 5.37. The molecule has 2 rings (SSSR count). The smallest absolute Gasteiger partial charge is 0.252 e. The molecule has 0 aliphatic rings. The number of carbonyl (C=O) groups is 1. The number of aromatic amines is 1. The van der Waals surface area contributed by atoms with Crippen molar-refractivity contribution in [3.63, 3.8) is 0 Å². The third-order valence-electron chi connectivity index (χ3n) is 4.06. The van der Waals surface area contributed by atoms with Gasteiger partial charge in [0.2, 0.25) is 5.56 Å². The highest BCUT2D eigenvalue weighted by atomic mass is 16.2. The van der Waals surface area contributed by atoms with Gasteiger partial charge in [0.25, 0.3) is 5.91 Å². The third kappa shape index (κ3) is 4.09. The Morgan fingerprint density at radius 3 is 2.52 bits per heavy atom. The predicted molar refractivity (Wildman–Crippen MR) is 92.9 cm³/mol. The van der Waals surface area contributed by atoms with E-state index in [0.717, 1.165) is 23.2 Å². The van der Waals surface area contributed by atoms with E-state index in [0.29, 0.717) is 12.0 Å². The van der Waals surface area contributed by atoms with E-state index in [1.54, 1.807) is 6.07 Å². The first kappa shape index (κ1) is 17.0. The van der Waals surface area contributed by atoms with E-state index in [1.807, 2.05) is 13.8 Å². The number of aromatic nitrogens is 1. The first-order chi connectivity index (χ1) is 10.9. The monoisotopic (exact) mass is 312 g/mol. The molecule has 0 aliphatic heterocycles. The summed E-state index contributed by atoms with van der Waals surface area (Å²) in [4.78, 5) is 26.9. The Hall–Kier alpha value is -2.36. The molecular formula is C19H24N2O2. The quantitative estimate of drug-likeness (QED) is 0.888. The van der Waals surface area contributed by atoms with Gasteiger partial charge in [-0.05, 0) is 43.9 Å². The van der Waals surface area contributed by atoms with E-state index in [1.165, 1.54) is 11.6 Å². The molecule has 0 saturated heterocycles. The Labute approximate surface area is 137 Å². The zero-order chi connectivity index (χ0) is 17.0. The van der Waals surface area contributed by atoms with Gasteiger partial charge in [-0.2, -0.15) is 0 Å². The second-order valence-electron chi connectivity index (χ2n) is 5.91. The van der Waals surface area contributed by atoms with Gasteiger partial charge in [-0.1, -0.05) is 37.6 Å². The highest BCUT2D eigenvalue weighted by Gasteiger charge is 2.16. The number of nitrogens with one attached hydrogen (secondary N) is 2. The number of benzene rings is 1. The molecule has 4 heteroatoms. The lowest BCUT2D eigenvalue weighted by atomic mass is 9.97. The van der Waals surface area contributed by atoms with Crippen LogP contribution in [0.1, 0.15) is 59.1 Å². The molecule has 1 aromatic carbocycles. The van der Waals surface area contributed by atoms with Crippen molar-refractivity contribution in [1.29, 1.82) is 0 Å². The largest absolute Gasteiger partial charge is 0.345 e. The van der Waals surface area contributed by atoms with Gasteiger partial charge in [-0.3, -0.25) is 9.59 Å². The molecule has 23 heavy (non-hydrogen) atoms. The molecule has 1 atom stereocenters. The minimum atomic E-state index is -0.242. The maximum atomic E-state index is 12.5. The zero-order valence-electron chi connectivity index (χ0n) is 14.2. The lowest BCUT2D eigenvalue weighted by molar-refractivity contribution is 0.0935. The number of hydrogen-bond acceptors (Lipinski definition) is 2. The summed E-state index contributed by atoms with van der Waals surface area (Å²) >= 11 is 0. The molecule has 0 unspecified atom stereocenters. The van der Waals surface area contributed by atoms with E-state index in [9.17, 15) is 9.59 Å². The maximum absolute atomic E-state index is 12.5. The highest BCUT2D eigenvalue weighted by molar-refractivity contribution is 5.94. The number of rotatable bonds is 5. The number of aryl methyl sites for hydroxylation is 3. The number of H-pyrrole nitrogens is 1. The van der Waals surface area contributed by atoms with Crippen LogP contribution in [0.15, 0.2) is 35.1 Å². The summed E-state index contributed by atoms with van der Waals surface area (Å²) in [6.07, 6.45) is 1.48. The summed E-state index contributed by atoms with van der Waals surface area (Å²) in [5.41, 5.74) is 4.42. The van der Waals surface area contributed by atoms with E-state index in [2.05, 4.69) is 42.3 Å². The van der Waals surface area contributed by atoms with Gasteiger partial charge < -0.3 is 10.3 Å². The molecule has 2 aromatic rings. The maximum Gasteiger partial charge on any atom is 0.252 e. The summed E-state index contributed by atoms with van der Waals surface area (Å²) in [7, 11) is 0. The van der Waals surface area contributed by atoms with Gasteiger partial charge in [0.1, 0.15) is 0 Å². The molecule has 1 heterocycles. The molecule has 0 bridgehead atoms. The van der Waals surface area contributed by atoms with Crippen LogP contribution in [-0.2, 0) is 6.42 Å². The normalized spacial score (nSPS) is 12.0. The molecule has 1 amide bonds. The zero-order valence-corrected chi connectivity index (χ0v) is 14.2. The second-order valence-corrected chi connectivity index (χ2v) is 5.91. The van der Waals surface area contributed by atoms with Crippen LogP contribution >= 0.6 is 0 Å². The van der Waals surface area contributed by atoms with Gasteiger partial charge in [-0.15, -0.1) is 0 Å². The molecule has 0 fully saturated rings. The van der Waals surface area contributed by atoms with E-state index in [-0.39, 0.29) is 17.5 Å². The van der Waals surface area contributed by atoms with Crippen LogP contribution in [0.3, 0.4) is 0 Å². The number of hydrogen-bond donors (Lipinski definition) is 2. The minimum absolute atomic E-state index is 0.0625. The van der Waals surface area contributed by atoms with Crippen LogP contribution in [0.25, 0.3) is 0 Å². The van der Waals surface area contributed by atoms with Crippen LogP contribution in [0.2, 0.25) is 0 Å². The van der Waals surface area contributed by atoms with Gasteiger partial charge >= 0.3 is 0 Å². The molecule has 122 valence electrons. The lowest BCUT2D eigenvalue weighted by Crippen LogP contribution is -2.29. The molecule has 4 nitrogen and oxygen atoms in total. The van der Waals surface area contributed by atoms with Crippen molar-refractivity contribution in [1.82, 2.24) is 10.3 Å². The topological polar surface area (TPSA) is 62.0 Å². The van der Waals surface area contributed by atoms with Crippen molar-refractivity contribution in [3.05, 3.63) is 68.6 Å². The van der Waals surface area contributed by atoms with Crippen LogP contribution in [-0.4, -0.2) is 10.9 Å². The third-order valence-corrected chi connectivity index (χ3v) is 4.06. The molecule has 0 radical (unpaired) electrons. The fraction of sp³-hybridized carbons (Fsp3) is 0.368. The van der Waals surface area contributed by atoms with Gasteiger partial charge in [0.15, 0.2) is 0 Å². The summed E-state index contributed by atoms with van der Waals surface area (Å²) in [6, 6.07) is 9.27. The van der Waals surface area contributed by atoms with E-state index in [4.69, 9.17) is 0 Å². The Bertz CT molecular complexity index is 762. The van der Waals surface area contributed by atoms with E-state index >= 15 is 0 Å². The van der Waals surface area contributed by atoms with Crippen molar-refractivity contribution < 1.29 is 4.79 Å². The fourth-order valence-electron chi connectivity index (χ4n) is 2.78. The summed E-state index contributed by atoms with van der Waals surface area (Å²) in [5.74, 6) is -0.211. The van der Waals surface area contributed by atoms with Crippen molar-refractivity contribution in [3.8, 4) is 0 Å². The molecule has 1 aromatic heterocycles. The summed E-state index contributed by atoms with van der Waals surface area (Å²) in [5, 5.41) is 3.05.